The number of hydrogen-bond acceptors (Lipinski definition) is 7. The van der Waals surface area contributed by atoms with Crippen molar-refractivity contribution in [2.75, 3.05) is 25.6 Å². The number of fused-ring (bicyclic) bond motifs is 2. The van der Waals surface area contributed by atoms with E-state index in [1.165, 1.54) is 18.2 Å². The maximum absolute atomic E-state index is 14.7. The molecule has 2 heterocycles. The second-order valence-corrected chi connectivity index (χ2v) is 13.9. The van der Waals surface area contributed by atoms with Crippen LogP contribution < -0.4 is 14.8 Å². The normalized spacial score (nSPS) is 15.4. The van der Waals surface area contributed by atoms with Gasteiger partial charge in [-0.2, -0.15) is 0 Å². The van der Waals surface area contributed by atoms with Gasteiger partial charge in [0.15, 0.2) is 11.5 Å². The number of aliphatic hydroxyl groups excluding tert-OH is 1. The van der Waals surface area contributed by atoms with Crippen molar-refractivity contribution in [1.82, 2.24) is 4.57 Å². The molecular formula is C43H49F3N2O6. The van der Waals surface area contributed by atoms with Crippen molar-refractivity contribution in [2.24, 2.45) is 0 Å². The number of aromatic nitrogens is 1. The monoisotopic (exact) mass is 746 g/mol. The quantitative estimate of drug-likeness (QED) is 0.110. The van der Waals surface area contributed by atoms with E-state index in [0.717, 1.165) is 46.9 Å². The number of alkyl halides is 2. The molecule has 1 saturated carbocycles. The standard InChI is InChI=1S/C30H35FN2O3.C11H8F2O3.C2H6/c1-30(2,21-36-19-23-12-8-5-9-13-23)29-15-24-14-27(32-3)26(31)16-28(24)33(29)17-25(34)20-35-18-22-10-6-4-7-11-22;12-11(13)15-8-2-1-7(5-9(8)16-11)10(6-14)3-4-10;1-2/h4-16,25,32,34H,17-21H2,1-3H3;1-2,5-6H,3-4H2;1-2H3/t25-;;/m1../s1. The Morgan fingerprint density at radius 3 is 2.09 bits per heavy atom. The first-order valence-electron chi connectivity index (χ1n) is 18.2. The number of aldehydes is 1. The van der Waals surface area contributed by atoms with Crippen LogP contribution in [0, 0.1) is 5.82 Å². The molecule has 4 aromatic carbocycles. The van der Waals surface area contributed by atoms with E-state index in [9.17, 15) is 23.1 Å². The van der Waals surface area contributed by atoms with Crippen molar-refractivity contribution >= 4 is 22.9 Å². The average molecular weight is 747 g/mol. The highest BCUT2D eigenvalue weighted by atomic mass is 19.3. The number of aliphatic hydroxyl groups is 1. The highest BCUT2D eigenvalue weighted by Crippen LogP contribution is 2.50. The van der Waals surface area contributed by atoms with Gasteiger partial charge in [0.25, 0.3) is 0 Å². The van der Waals surface area contributed by atoms with Crippen LogP contribution in [0.15, 0.2) is 97.1 Å². The van der Waals surface area contributed by atoms with Crippen LogP contribution in [0.4, 0.5) is 18.9 Å². The molecule has 1 aromatic heterocycles. The molecule has 0 unspecified atom stereocenters. The highest BCUT2D eigenvalue weighted by Gasteiger charge is 2.47. The SMILES string of the molecule is CC.CNc1cc2cc(C(C)(C)COCc3ccccc3)n(C[C@@H](O)COCc3ccccc3)c2cc1F.O=CC1(c2ccc3c(c2)OC(F)(F)O3)CC1. The Balaban J connectivity index is 0.000000257. The molecule has 288 valence electrons. The van der Waals surface area contributed by atoms with Crippen LogP contribution in [0.3, 0.4) is 0 Å². The first-order valence-corrected chi connectivity index (χ1v) is 18.2. The molecule has 5 aromatic rings. The maximum Gasteiger partial charge on any atom is 0.586 e. The second kappa shape index (κ2) is 17.5. The maximum atomic E-state index is 14.7. The van der Waals surface area contributed by atoms with Gasteiger partial charge in [-0.25, -0.2) is 4.39 Å². The lowest BCUT2D eigenvalue weighted by atomic mass is 9.90. The Hall–Kier alpha value is -4.84. The summed E-state index contributed by atoms with van der Waals surface area (Å²) in [4.78, 5) is 10.9. The number of anilines is 1. The van der Waals surface area contributed by atoms with Crippen LogP contribution in [0.2, 0.25) is 0 Å². The van der Waals surface area contributed by atoms with Crippen molar-refractivity contribution in [1.29, 1.82) is 0 Å². The zero-order chi connectivity index (χ0) is 38.9. The minimum atomic E-state index is -3.60. The fraction of sp³-hybridized carbons (Fsp3) is 0.372. The van der Waals surface area contributed by atoms with Crippen molar-refractivity contribution in [3.05, 3.63) is 125 Å². The van der Waals surface area contributed by atoms with E-state index in [0.29, 0.717) is 31.1 Å². The Morgan fingerprint density at radius 2 is 1.50 bits per heavy atom. The van der Waals surface area contributed by atoms with Crippen molar-refractivity contribution in [3.8, 4) is 11.5 Å². The van der Waals surface area contributed by atoms with Gasteiger partial charge in [0.05, 0.1) is 55.7 Å². The lowest BCUT2D eigenvalue weighted by Gasteiger charge is -2.28. The Labute approximate surface area is 314 Å². The number of nitrogens with one attached hydrogen (secondary N) is 1. The summed E-state index contributed by atoms with van der Waals surface area (Å²) in [6.07, 6.45) is -1.98. The van der Waals surface area contributed by atoms with Crippen LogP contribution in [0.1, 0.15) is 62.9 Å². The van der Waals surface area contributed by atoms with Gasteiger partial charge in [0.2, 0.25) is 0 Å². The van der Waals surface area contributed by atoms with Crippen LogP contribution in [-0.2, 0) is 44.9 Å². The minimum absolute atomic E-state index is 0.00405. The summed E-state index contributed by atoms with van der Waals surface area (Å²) in [7, 11) is 1.71. The molecule has 1 aliphatic carbocycles. The summed E-state index contributed by atoms with van der Waals surface area (Å²) >= 11 is 0. The number of nitrogens with zero attached hydrogens (tertiary/aromatic N) is 1. The molecular weight excluding hydrogens is 697 g/mol. The molecule has 1 fully saturated rings. The average Bonchev–Trinajstić information content (AvgIpc) is 3.80. The molecule has 8 nitrogen and oxygen atoms in total. The second-order valence-electron chi connectivity index (χ2n) is 13.9. The van der Waals surface area contributed by atoms with Crippen LogP contribution >= 0.6 is 0 Å². The number of halogens is 3. The zero-order valence-electron chi connectivity index (χ0n) is 31.4. The summed E-state index contributed by atoms with van der Waals surface area (Å²) in [6.45, 7) is 10.1. The molecule has 0 spiro atoms. The molecule has 0 amide bonds. The van der Waals surface area contributed by atoms with Crippen LogP contribution in [0.5, 0.6) is 11.5 Å². The molecule has 7 rings (SSSR count). The summed E-state index contributed by atoms with van der Waals surface area (Å²) in [5.74, 6) is -0.324. The lowest BCUT2D eigenvalue weighted by Crippen LogP contribution is -2.30. The van der Waals surface area contributed by atoms with Gasteiger partial charge in [0, 0.05) is 29.6 Å². The number of benzene rings is 4. The Morgan fingerprint density at radius 1 is 0.889 bits per heavy atom. The predicted octanol–water partition coefficient (Wildman–Crippen LogP) is 9.16. The summed E-state index contributed by atoms with van der Waals surface area (Å²) < 4.78 is 62.7. The lowest BCUT2D eigenvalue weighted by molar-refractivity contribution is -0.286. The third-order valence-corrected chi connectivity index (χ3v) is 9.33. The number of rotatable bonds is 14. The fourth-order valence-electron chi connectivity index (χ4n) is 6.32. The summed E-state index contributed by atoms with van der Waals surface area (Å²) in [5.41, 5.74) is 4.15. The minimum Gasteiger partial charge on any atom is -0.395 e. The molecule has 1 aliphatic heterocycles. The fourth-order valence-corrected chi connectivity index (χ4v) is 6.32. The first-order chi connectivity index (χ1) is 25.9. The number of carbonyl (C=O) groups excluding carboxylic acids is 1. The van der Waals surface area contributed by atoms with Gasteiger partial charge in [-0.3, -0.25) is 0 Å². The molecule has 0 saturated heterocycles. The Kier molecular flexibility index (Phi) is 13.1. The van der Waals surface area contributed by atoms with Crippen molar-refractivity contribution in [2.45, 2.75) is 83.5 Å². The summed E-state index contributed by atoms with van der Waals surface area (Å²) in [6, 6.07) is 29.8. The summed E-state index contributed by atoms with van der Waals surface area (Å²) in [5, 5.41) is 14.7. The third kappa shape index (κ3) is 9.82. The molecule has 2 aliphatic rings. The molecule has 11 heteroatoms. The van der Waals surface area contributed by atoms with Crippen LogP contribution in [0.25, 0.3) is 10.9 Å². The molecule has 54 heavy (non-hydrogen) atoms. The predicted molar refractivity (Wildman–Crippen MR) is 204 cm³/mol. The number of ether oxygens (including phenoxy) is 4. The highest BCUT2D eigenvalue weighted by molar-refractivity contribution is 5.85. The van der Waals surface area contributed by atoms with E-state index in [-0.39, 0.29) is 35.9 Å². The van der Waals surface area contributed by atoms with Gasteiger partial charge in [-0.1, -0.05) is 94.4 Å². The Bertz CT molecular complexity index is 1980. The topological polar surface area (TPSA) is 91.2 Å². The van der Waals surface area contributed by atoms with Crippen molar-refractivity contribution in [3.63, 3.8) is 0 Å². The smallest absolute Gasteiger partial charge is 0.395 e. The van der Waals surface area contributed by atoms with Crippen molar-refractivity contribution < 1.29 is 42.0 Å². The van der Waals surface area contributed by atoms with E-state index in [1.807, 2.05) is 85.1 Å². The van der Waals surface area contributed by atoms with Gasteiger partial charge in [-0.05, 0) is 53.8 Å². The molecule has 0 radical (unpaired) electrons. The van der Waals surface area contributed by atoms with Gasteiger partial charge >= 0.3 is 6.29 Å². The van der Waals surface area contributed by atoms with Gasteiger partial charge < -0.3 is 38.7 Å². The zero-order valence-corrected chi connectivity index (χ0v) is 31.4. The van der Waals surface area contributed by atoms with Crippen LogP contribution in [-0.4, -0.2) is 48.6 Å². The number of hydrogen-bond donors (Lipinski definition) is 2. The molecule has 1 atom stereocenters. The van der Waals surface area contributed by atoms with E-state index in [2.05, 4.69) is 34.7 Å². The molecule has 0 bridgehead atoms. The van der Waals surface area contributed by atoms with Gasteiger partial charge in [0.1, 0.15) is 12.1 Å². The van der Waals surface area contributed by atoms with Gasteiger partial charge in [-0.15, -0.1) is 8.78 Å². The third-order valence-electron chi connectivity index (χ3n) is 9.33. The molecule has 2 N–H and O–H groups in total. The van der Waals surface area contributed by atoms with E-state index >= 15 is 0 Å². The van der Waals surface area contributed by atoms with E-state index in [4.69, 9.17) is 9.47 Å². The largest absolute Gasteiger partial charge is 0.586 e. The first kappa shape index (κ1) is 40.3. The van der Waals surface area contributed by atoms with E-state index < -0.39 is 17.8 Å². The van der Waals surface area contributed by atoms with E-state index in [1.54, 1.807) is 13.1 Å². The number of carbonyl (C=O) groups is 1.